The van der Waals surface area contributed by atoms with Gasteiger partial charge in [-0.05, 0) is 18.5 Å². The Hall–Kier alpha value is -1.09. The molecule has 0 saturated carbocycles. The highest BCUT2D eigenvalue weighted by molar-refractivity contribution is 6.30. The van der Waals surface area contributed by atoms with Crippen LogP contribution in [0.4, 0.5) is 0 Å². The summed E-state index contributed by atoms with van der Waals surface area (Å²) in [5.74, 6) is 0. The second-order valence-corrected chi connectivity index (χ2v) is 2.54. The second-order valence-electron chi connectivity index (χ2n) is 2.10. The molecule has 0 N–H and O–H groups in total. The van der Waals surface area contributed by atoms with Crippen molar-refractivity contribution in [2.24, 2.45) is 0 Å². The van der Waals surface area contributed by atoms with Crippen LogP contribution in [-0.2, 0) is 0 Å². The Balaban J connectivity index is 2.80. The first-order valence-electron chi connectivity index (χ1n) is 4.48. The number of pyridine rings is 1. The van der Waals surface area contributed by atoms with Gasteiger partial charge in [0.1, 0.15) is 6.33 Å². The molecule has 0 unspecified atom stereocenters. The lowest BCUT2D eigenvalue weighted by molar-refractivity contribution is 0.956. The number of aryl methyl sites for hydroxylation is 1. The molecule has 0 spiro atoms. The molecule has 56 valence electrons. The summed E-state index contributed by atoms with van der Waals surface area (Å²) in [5.41, 5.74) is 0.428. The van der Waals surface area contributed by atoms with Gasteiger partial charge in [-0.3, -0.25) is 0 Å². The molecule has 0 amide bonds. The lowest BCUT2D eigenvalue weighted by Crippen LogP contribution is -1.88. The van der Waals surface area contributed by atoms with Crippen LogP contribution in [-0.4, -0.2) is 14.6 Å². The Morgan fingerprint density at radius 1 is 1.73 bits per heavy atom. The van der Waals surface area contributed by atoms with Crippen LogP contribution in [0.15, 0.2) is 18.6 Å². The monoisotopic (exact) mass is 170 g/mol. The number of hydrogen-bond donors (Lipinski definition) is 0. The van der Waals surface area contributed by atoms with Crippen LogP contribution in [0, 0.1) is 6.85 Å². The largest absolute Gasteiger partial charge is 0.219 e. The van der Waals surface area contributed by atoms with Gasteiger partial charge in [0.15, 0.2) is 5.65 Å². The molecule has 0 aliphatic carbocycles. The van der Waals surface area contributed by atoms with Gasteiger partial charge in [-0.25, -0.2) is 9.50 Å². The molecular formula is C7H6ClN3. The van der Waals surface area contributed by atoms with Crippen molar-refractivity contribution in [3.63, 3.8) is 0 Å². The summed E-state index contributed by atoms with van der Waals surface area (Å²) in [5, 5.41) is 4.15. The summed E-state index contributed by atoms with van der Waals surface area (Å²) in [6.07, 6.45) is 2.81. The average molecular weight is 171 g/mol. The van der Waals surface area contributed by atoms with Gasteiger partial charge in [0.2, 0.25) is 0 Å². The summed E-state index contributed by atoms with van der Waals surface area (Å²) in [6, 6.07) is 1.39. The smallest absolute Gasteiger partial charge is 0.158 e. The number of halogens is 1. The average Bonchev–Trinajstić information content (AvgIpc) is 2.47. The predicted octanol–water partition coefficient (Wildman–Crippen LogP) is 1.69. The van der Waals surface area contributed by atoms with Crippen LogP contribution < -0.4 is 0 Å². The molecule has 0 saturated heterocycles. The highest BCUT2D eigenvalue weighted by Gasteiger charge is 1.99. The van der Waals surface area contributed by atoms with E-state index in [2.05, 4.69) is 10.1 Å². The molecule has 2 heterocycles. The van der Waals surface area contributed by atoms with Gasteiger partial charge in [0.05, 0.1) is 5.02 Å². The molecule has 11 heavy (non-hydrogen) atoms. The SMILES string of the molecule is [2H]C([2H])([2H])c1cc(Cl)cn2ncnc12. The van der Waals surface area contributed by atoms with Gasteiger partial charge in [-0.15, -0.1) is 0 Å². The van der Waals surface area contributed by atoms with Crippen LogP contribution >= 0.6 is 11.6 Å². The molecule has 0 atom stereocenters. The van der Waals surface area contributed by atoms with Gasteiger partial charge in [0, 0.05) is 10.3 Å². The second kappa shape index (κ2) is 2.20. The Kier molecular flexibility index (Phi) is 0.814. The highest BCUT2D eigenvalue weighted by atomic mass is 35.5. The van der Waals surface area contributed by atoms with Crippen LogP contribution in [0.3, 0.4) is 0 Å². The summed E-state index contributed by atoms with van der Waals surface area (Å²) in [7, 11) is 0. The van der Waals surface area contributed by atoms with E-state index in [0.29, 0.717) is 10.7 Å². The Morgan fingerprint density at radius 2 is 2.64 bits per heavy atom. The third-order valence-electron chi connectivity index (χ3n) is 1.34. The van der Waals surface area contributed by atoms with Gasteiger partial charge < -0.3 is 0 Å². The van der Waals surface area contributed by atoms with Crippen LogP contribution in [0.1, 0.15) is 9.68 Å². The quantitative estimate of drug-likeness (QED) is 0.603. The zero-order chi connectivity index (χ0) is 10.3. The van der Waals surface area contributed by atoms with E-state index < -0.39 is 6.85 Å². The van der Waals surface area contributed by atoms with E-state index in [1.165, 1.54) is 23.1 Å². The minimum absolute atomic E-state index is 0.113. The Morgan fingerprint density at radius 3 is 3.45 bits per heavy atom. The fourth-order valence-corrected chi connectivity index (χ4v) is 1.10. The number of hydrogen-bond acceptors (Lipinski definition) is 2. The molecule has 0 bridgehead atoms. The predicted molar refractivity (Wildman–Crippen MR) is 42.7 cm³/mol. The number of fused-ring (bicyclic) bond motifs is 1. The fourth-order valence-electron chi connectivity index (χ4n) is 0.894. The molecule has 0 radical (unpaired) electrons. The van der Waals surface area contributed by atoms with Gasteiger partial charge in [-0.1, -0.05) is 11.6 Å². The highest BCUT2D eigenvalue weighted by Crippen LogP contribution is 2.13. The molecule has 0 aromatic carbocycles. The van der Waals surface area contributed by atoms with Crippen LogP contribution in [0.25, 0.3) is 5.65 Å². The van der Waals surface area contributed by atoms with Crippen molar-refractivity contribution in [2.45, 2.75) is 6.85 Å². The lowest BCUT2D eigenvalue weighted by Gasteiger charge is -1.95. The molecular weight excluding hydrogens is 162 g/mol. The van der Waals surface area contributed by atoms with Crippen LogP contribution in [0.5, 0.6) is 0 Å². The van der Waals surface area contributed by atoms with Crippen molar-refractivity contribution < 1.29 is 4.11 Å². The summed E-state index contributed by atoms with van der Waals surface area (Å²) in [4.78, 5) is 3.86. The third-order valence-corrected chi connectivity index (χ3v) is 1.55. The van der Waals surface area contributed by atoms with Gasteiger partial charge >= 0.3 is 0 Å². The molecule has 0 aliphatic rings. The molecule has 4 heteroatoms. The standard InChI is InChI=1S/C7H6ClN3/c1-5-2-6(8)3-11-7(5)9-4-10-11/h2-4H,1H3/i1D3. The molecule has 2 aromatic rings. The maximum Gasteiger partial charge on any atom is 0.158 e. The number of rotatable bonds is 0. The molecule has 3 nitrogen and oxygen atoms in total. The van der Waals surface area contributed by atoms with E-state index >= 15 is 0 Å². The summed E-state index contributed by atoms with van der Waals surface area (Å²) < 4.78 is 23.2. The van der Waals surface area contributed by atoms with Crippen molar-refractivity contribution in [2.75, 3.05) is 0 Å². The third kappa shape index (κ3) is 0.973. The molecule has 2 aromatic heterocycles. The zero-order valence-electron chi connectivity index (χ0n) is 8.45. The van der Waals surface area contributed by atoms with Crippen molar-refractivity contribution in [1.82, 2.24) is 14.6 Å². The van der Waals surface area contributed by atoms with E-state index in [-0.39, 0.29) is 5.56 Å². The minimum Gasteiger partial charge on any atom is -0.219 e. The Labute approximate surface area is 72.8 Å². The van der Waals surface area contributed by atoms with E-state index in [1.807, 2.05) is 0 Å². The fraction of sp³-hybridized carbons (Fsp3) is 0.143. The zero-order valence-corrected chi connectivity index (χ0v) is 6.21. The van der Waals surface area contributed by atoms with E-state index in [9.17, 15) is 0 Å². The van der Waals surface area contributed by atoms with E-state index in [4.69, 9.17) is 15.7 Å². The molecule has 0 fully saturated rings. The van der Waals surface area contributed by atoms with Crippen molar-refractivity contribution >= 4 is 17.2 Å². The normalized spacial score (nSPS) is 15.9. The first-order chi connectivity index (χ1) is 6.48. The number of aromatic nitrogens is 3. The van der Waals surface area contributed by atoms with Crippen LogP contribution in [0.2, 0.25) is 5.02 Å². The topological polar surface area (TPSA) is 30.2 Å². The first-order valence-corrected chi connectivity index (χ1v) is 3.35. The summed E-state index contributed by atoms with van der Waals surface area (Å²) in [6.45, 7) is -2.22. The minimum atomic E-state index is -2.22. The summed E-state index contributed by atoms with van der Waals surface area (Å²) >= 11 is 5.75. The van der Waals surface area contributed by atoms with Gasteiger partial charge in [-0.2, -0.15) is 5.10 Å². The van der Waals surface area contributed by atoms with Crippen molar-refractivity contribution in [3.8, 4) is 0 Å². The first kappa shape index (κ1) is 4.07. The number of nitrogens with zero attached hydrogens (tertiary/aromatic N) is 3. The van der Waals surface area contributed by atoms with Crippen molar-refractivity contribution in [1.29, 1.82) is 0 Å². The Bertz CT molecular complexity index is 476. The van der Waals surface area contributed by atoms with E-state index in [0.717, 1.165) is 0 Å². The van der Waals surface area contributed by atoms with E-state index in [1.54, 1.807) is 0 Å². The van der Waals surface area contributed by atoms with Crippen molar-refractivity contribution in [3.05, 3.63) is 29.2 Å². The van der Waals surface area contributed by atoms with Gasteiger partial charge in [0.25, 0.3) is 0 Å². The molecule has 2 rings (SSSR count). The molecule has 0 aliphatic heterocycles. The maximum atomic E-state index is 7.28. The lowest BCUT2D eigenvalue weighted by atomic mass is 10.3. The maximum absolute atomic E-state index is 7.28.